The van der Waals surface area contributed by atoms with E-state index in [2.05, 4.69) is 49.2 Å². The lowest BCUT2D eigenvalue weighted by molar-refractivity contribution is 0.0605. The number of fused-ring (bicyclic) bond motifs is 2. The molecule has 7 heteroatoms. The third-order valence-corrected chi connectivity index (χ3v) is 6.97. The Labute approximate surface area is 194 Å². The number of benzene rings is 1. The molecule has 2 aliphatic heterocycles. The minimum absolute atomic E-state index is 0.0267. The van der Waals surface area contributed by atoms with Crippen LogP contribution < -0.4 is 5.32 Å². The van der Waals surface area contributed by atoms with Crippen molar-refractivity contribution in [2.75, 3.05) is 13.1 Å². The van der Waals surface area contributed by atoms with Crippen LogP contribution in [0, 0.1) is 0 Å². The molecule has 0 saturated carbocycles. The largest absolute Gasteiger partial charge is 0.345 e. The van der Waals surface area contributed by atoms with Crippen LogP contribution in [0.25, 0.3) is 10.9 Å². The fourth-order valence-corrected chi connectivity index (χ4v) is 4.89. The van der Waals surface area contributed by atoms with Crippen molar-refractivity contribution in [3.05, 3.63) is 59.0 Å². The van der Waals surface area contributed by atoms with Gasteiger partial charge in [0.25, 0.3) is 11.8 Å². The van der Waals surface area contributed by atoms with Gasteiger partial charge in [-0.25, -0.2) is 0 Å². The second-order valence-corrected chi connectivity index (χ2v) is 10.4. The zero-order chi connectivity index (χ0) is 23.4. The predicted molar refractivity (Wildman–Crippen MR) is 127 cm³/mol. The van der Waals surface area contributed by atoms with Gasteiger partial charge in [0.05, 0.1) is 11.1 Å². The van der Waals surface area contributed by atoms with Gasteiger partial charge in [-0.3, -0.25) is 19.3 Å². The second-order valence-electron chi connectivity index (χ2n) is 10.4. The van der Waals surface area contributed by atoms with Gasteiger partial charge < -0.3 is 10.2 Å². The first-order valence-electron chi connectivity index (χ1n) is 11.8. The van der Waals surface area contributed by atoms with Gasteiger partial charge in [0, 0.05) is 47.0 Å². The minimum atomic E-state index is -0.312. The Hall–Kier alpha value is -3.22. The summed E-state index contributed by atoms with van der Waals surface area (Å²) in [5, 5.41) is 8.80. The monoisotopic (exact) mass is 445 g/mol. The van der Waals surface area contributed by atoms with Gasteiger partial charge in [-0.2, -0.15) is 5.10 Å². The molecule has 0 radical (unpaired) electrons. The second kappa shape index (κ2) is 7.68. The number of nitrogens with zero attached hydrogens (tertiary/aromatic N) is 4. The van der Waals surface area contributed by atoms with E-state index in [4.69, 9.17) is 0 Å². The molecule has 2 amide bonds. The SMILES string of the molecule is CCc1ccc2ccc(C(=O)N3CCC4(CC3)Cc3cn(C(C)(C)C)nc3C(=O)N4)cc2n1. The molecular formula is C26H31N5O2. The number of carbonyl (C=O) groups excluding carboxylic acids is 2. The summed E-state index contributed by atoms with van der Waals surface area (Å²) < 4.78 is 1.88. The maximum Gasteiger partial charge on any atom is 0.272 e. The first-order chi connectivity index (χ1) is 15.7. The smallest absolute Gasteiger partial charge is 0.272 e. The Morgan fingerprint density at radius 2 is 1.88 bits per heavy atom. The number of hydrogen-bond acceptors (Lipinski definition) is 4. The van der Waals surface area contributed by atoms with E-state index in [1.54, 1.807) is 0 Å². The lowest BCUT2D eigenvalue weighted by Crippen LogP contribution is -2.59. The van der Waals surface area contributed by atoms with Crippen LogP contribution in [0.5, 0.6) is 0 Å². The summed E-state index contributed by atoms with van der Waals surface area (Å²) in [6.45, 7) is 9.54. The average Bonchev–Trinajstić information content (AvgIpc) is 3.23. The standard InChI is InChI=1S/C26H31N5O2/c1-5-20-9-8-17-6-7-18(14-21(17)27-20)24(33)30-12-10-26(11-13-30)15-19-16-31(25(2,3)4)29-22(19)23(32)28-26/h6-9,14,16H,5,10-13,15H2,1-4H3,(H,28,32). The number of pyridine rings is 1. The molecule has 7 nitrogen and oxygen atoms in total. The molecule has 1 aromatic carbocycles. The molecule has 5 rings (SSSR count). The van der Waals surface area contributed by atoms with E-state index < -0.39 is 0 Å². The Morgan fingerprint density at radius 1 is 1.15 bits per heavy atom. The zero-order valence-corrected chi connectivity index (χ0v) is 19.8. The predicted octanol–water partition coefficient (Wildman–Crippen LogP) is 3.71. The Morgan fingerprint density at radius 3 is 2.58 bits per heavy atom. The third kappa shape index (κ3) is 3.90. The van der Waals surface area contributed by atoms with Crippen LogP contribution in [0.1, 0.15) is 72.6 Å². The molecule has 2 aliphatic rings. The van der Waals surface area contributed by atoms with Crippen LogP contribution in [0.15, 0.2) is 36.5 Å². The quantitative estimate of drug-likeness (QED) is 0.652. The van der Waals surface area contributed by atoms with E-state index in [1.807, 2.05) is 40.0 Å². The Bertz CT molecular complexity index is 1250. The molecule has 1 fully saturated rings. The van der Waals surface area contributed by atoms with E-state index in [0.29, 0.717) is 24.3 Å². The lowest BCUT2D eigenvalue weighted by atomic mass is 9.79. The van der Waals surface area contributed by atoms with Crippen LogP contribution >= 0.6 is 0 Å². The van der Waals surface area contributed by atoms with E-state index >= 15 is 0 Å². The summed E-state index contributed by atoms with van der Waals surface area (Å²) in [5.41, 5.74) is 3.59. The summed E-state index contributed by atoms with van der Waals surface area (Å²) in [7, 11) is 0. The molecule has 33 heavy (non-hydrogen) atoms. The normalized spacial score (nSPS) is 17.8. The molecular weight excluding hydrogens is 414 g/mol. The van der Waals surface area contributed by atoms with E-state index in [1.165, 1.54) is 0 Å². The topological polar surface area (TPSA) is 80.1 Å². The van der Waals surface area contributed by atoms with Gasteiger partial charge in [0.1, 0.15) is 0 Å². The summed E-state index contributed by atoms with van der Waals surface area (Å²) in [6.07, 6.45) is 5.10. The number of rotatable bonds is 2. The molecule has 0 bridgehead atoms. The molecule has 1 spiro atoms. The number of likely N-dealkylation sites (tertiary alicyclic amines) is 1. The van der Waals surface area contributed by atoms with Crippen molar-refractivity contribution in [3.8, 4) is 0 Å². The highest BCUT2D eigenvalue weighted by molar-refractivity contribution is 5.98. The van der Waals surface area contributed by atoms with Crippen molar-refractivity contribution in [3.63, 3.8) is 0 Å². The van der Waals surface area contributed by atoms with Crippen molar-refractivity contribution in [1.29, 1.82) is 0 Å². The molecule has 172 valence electrons. The summed E-state index contributed by atoms with van der Waals surface area (Å²) >= 11 is 0. The number of hydrogen-bond donors (Lipinski definition) is 1. The van der Waals surface area contributed by atoms with Crippen molar-refractivity contribution in [2.45, 2.75) is 64.5 Å². The van der Waals surface area contributed by atoms with Crippen molar-refractivity contribution in [2.24, 2.45) is 0 Å². The van der Waals surface area contributed by atoms with Crippen LogP contribution in [-0.4, -0.2) is 50.1 Å². The Balaban J connectivity index is 1.32. The maximum absolute atomic E-state index is 13.2. The van der Waals surface area contributed by atoms with E-state index in [-0.39, 0.29) is 22.9 Å². The van der Waals surface area contributed by atoms with Crippen LogP contribution in [-0.2, 0) is 18.4 Å². The summed E-state index contributed by atoms with van der Waals surface area (Å²) in [5.74, 6) is -0.0785. The number of aromatic nitrogens is 3. The highest BCUT2D eigenvalue weighted by atomic mass is 16.2. The zero-order valence-electron chi connectivity index (χ0n) is 19.8. The maximum atomic E-state index is 13.2. The number of amides is 2. The fourth-order valence-electron chi connectivity index (χ4n) is 4.89. The highest BCUT2D eigenvalue weighted by Gasteiger charge is 2.43. The van der Waals surface area contributed by atoms with Gasteiger partial charge in [0.15, 0.2) is 5.69 Å². The molecule has 1 saturated heterocycles. The molecule has 1 N–H and O–H groups in total. The van der Waals surface area contributed by atoms with E-state index in [9.17, 15) is 9.59 Å². The molecule has 4 heterocycles. The van der Waals surface area contributed by atoms with Crippen molar-refractivity contribution >= 4 is 22.7 Å². The first-order valence-corrected chi connectivity index (χ1v) is 11.8. The van der Waals surface area contributed by atoms with Gasteiger partial charge in [-0.1, -0.05) is 19.1 Å². The minimum Gasteiger partial charge on any atom is -0.345 e. The lowest BCUT2D eigenvalue weighted by Gasteiger charge is -2.44. The fraction of sp³-hybridized carbons (Fsp3) is 0.462. The van der Waals surface area contributed by atoms with Crippen LogP contribution in [0.4, 0.5) is 0 Å². The Kier molecular flexibility index (Phi) is 5.03. The average molecular weight is 446 g/mol. The first kappa shape index (κ1) is 21.6. The molecule has 0 atom stereocenters. The van der Waals surface area contributed by atoms with E-state index in [0.717, 1.165) is 47.8 Å². The molecule has 3 aromatic rings. The summed E-state index contributed by atoms with van der Waals surface area (Å²) in [4.78, 5) is 32.7. The van der Waals surface area contributed by atoms with Gasteiger partial charge in [-0.15, -0.1) is 0 Å². The van der Waals surface area contributed by atoms with Crippen molar-refractivity contribution in [1.82, 2.24) is 25.0 Å². The number of nitrogens with one attached hydrogen (secondary N) is 1. The van der Waals surface area contributed by atoms with Crippen molar-refractivity contribution < 1.29 is 9.59 Å². The number of piperidine rings is 1. The highest BCUT2D eigenvalue weighted by Crippen LogP contribution is 2.33. The van der Waals surface area contributed by atoms with Gasteiger partial charge in [-0.05, 0) is 64.7 Å². The number of aryl methyl sites for hydroxylation is 1. The summed E-state index contributed by atoms with van der Waals surface area (Å²) in [6, 6.07) is 9.84. The molecule has 0 unspecified atom stereocenters. The number of carbonyl (C=O) groups is 2. The third-order valence-electron chi connectivity index (χ3n) is 6.97. The molecule has 0 aliphatic carbocycles. The van der Waals surface area contributed by atoms with Crippen LogP contribution in [0.3, 0.4) is 0 Å². The van der Waals surface area contributed by atoms with Gasteiger partial charge in [0.2, 0.25) is 0 Å². The van der Waals surface area contributed by atoms with Gasteiger partial charge >= 0.3 is 0 Å². The van der Waals surface area contributed by atoms with Crippen LogP contribution in [0.2, 0.25) is 0 Å². The molecule has 2 aromatic heterocycles.